The average Bonchev–Trinajstić information content (AvgIpc) is 2.56. The van der Waals surface area contributed by atoms with Gasteiger partial charge in [0.1, 0.15) is 23.4 Å². The van der Waals surface area contributed by atoms with E-state index in [1.807, 2.05) is 12.3 Å². The molecule has 0 amide bonds. The number of rotatable bonds is 4. The second-order valence-electron chi connectivity index (χ2n) is 6.79. The molecule has 0 unspecified atom stereocenters. The molecule has 0 bridgehead atoms. The Labute approximate surface area is 142 Å². The highest BCUT2D eigenvalue weighted by molar-refractivity contribution is 5.93. The van der Waals surface area contributed by atoms with Crippen molar-refractivity contribution in [2.75, 3.05) is 17.2 Å². The van der Waals surface area contributed by atoms with Crippen LogP contribution in [0.1, 0.15) is 39.3 Å². The summed E-state index contributed by atoms with van der Waals surface area (Å²) >= 11 is 0. The SMILES string of the molecule is CC(C)Nc1nc(C#N)cc2cnc(N[C@H]3CC[C@H](C)NC3)cc12. The first-order chi connectivity index (χ1) is 11.5. The highest BCUT2D eigenvalue weighted by Gasteiger charge is 2.18. The molecule has 2 aromatic heterocycles. The van der Waals surface area contributed by atoms with Crippen LogP contribution in [0.4, 0.5) is 11.6 Å². The van der Waals surface area contributed by atoms with Gasteiger partial charge in [0, 0.05) is 41.6 Å². The van der Waals surface area contributed by atoms with E-state index in [9.17, 15) is 0 Å². The van der Waals surface area contributed by atoms with Gasteiger partial charge in [0.25, 0.3) is 0 Å². The van der Waals surface area contributed by atoms with Gasteiger partial charge in [-0.3, -0.25) is 0 Å². The van der Waals surface area contributed by atoms with E-state index < -0.39 is 0 Å². The lowest BCUT2D eigenvalue weighted by Crippen LogP contribution is -2.43. The summed E-state index contributed by atoms with van der Waals surface area (Å²) in [6.07, 6.45) is 4.11. The van der Waals surface area contributed by atoms with Crippen molar-refractivity contribution in [3.8, 4) is 6.07 Å². The molecular weight excluding hydrogens is 300 g/mol. The van der Waals surface area contributed by atoms with Gasteiger partial charge in [-0.1, -0.05) is 0 Å². The Morgan fingerprint density at radius 2 is 2.17 bits per heavy atom. The number of nitriles is 1. The number of hydrogen-bond donors (Lipinski definition) is 3. The van der Waals surface area contributed by atoms with Gasteiger partial charge >= 0.3 is 0 Å². The van der Waals surface area contributed by atoms with E-state index in [4.69, 9.17) is 5.26 Å². The number of piperidine rings is 1. The fraction of sp³-hybridized carbons (Fsp3) is 0.500. The van der Waals surface area contributed by atoms with Gasteiger partial charge in [-0.25, -0.2) is 9.97 Å². The predicted octanol–water partition coefficient (Wildman–Crippen LogP) is 2.87. The molecule has 3 rings (SSSR count). The monoisotopic (exact) mass is 324 g/mol. The van der Waals surface area contributed by atoms with Gasteiger partial charge in [0.05, 0.1) is 0 Å². The van der Waals surface area contributed by atoms with Crippen molar-refractivity contribution in [3.63, 3.8) is 0 Å². The summed E-state index contributed by atoms with van der Waals surface area (Å²) in [5.74, 6) is 1.59. The van der Waals surface area contributed by atoms with Crippen LogP contribution in [0.5, 0.6) is 0 Å². The Morgan fingerprint density at radius 3 is 2.83 bits per heavy atom. The molecule has 3 heterocycles. The summed E-state index contributed by atoms with van der Waals surface area (Å²) in [7, 11) is 0. The molecule has 0 aliphatic carbocycles. The summed E-state index contributed by atoms with van der Waals surface area (Å²) in [6.45, 7) is 7.28. The maximum absolute atomic E-state index is 9.17. The first-order valence-corrected chi connectivity index (χ1v) is 8.52. The molecule has 24 heavy (non-hydrogen) atoms. The molecule has 1 aliphatic rings. The number of nitrogens with zero attached hydrogens (tertiary/aromatic N) is 3. The minimum absolute atomic E-state index is 0.239. The van der Waals surface area contributed by atoms with Gasteiger partial charge in [-0.2, -0.15) is 5.26 Å². The molecule has 6 nitrogen and oxygen atoms in total. The Kier molecular flexibility index (Phi) is 4.81. The second-order valence-corrected chi connectivity index (χ2v) is 6.79. The lowest BCUT2D eigenvalue weighted by Gasteiger charge is -2.28. The van der Waals surface area contributed by atoms with Crippen LogP contribution in [0.15, 0.2) is 18.3 Å². The molecule has 3 N–H and O–H groups in total. The van der Waals surface area contributed by atoms with Gasteiger partial charge in [-0.15, -0.1) is 0 Å². The van der Waals surface area contributed by atoms with Gasteiger partial charge in [0.2, 0.25) is 0 Å². The fourth-order valence-corrected chi connectivity index (χ4v) is 3.00. The first kappa shape index (κ1) is 16.5. The number of hydrogen-bond acceptors (Lipinski definition) is 6. The zero-order chi connectivity index (χ0) is 17.1. The maximum atomic E-state index is 9.17. The van der Waals surface area contributed by atoms with E-state index in [-0.39, 0.29) is 6.04 Å². The van der Waals surface area contributed by atoms with E-state index >= 15 is 0 Å². The van der Waals surface area contributed by atoms with E-state index in [0.29, 0.717) is 17.8 Å². The second kappa shape index (κ2) is 7.02. The van der Waals surface area contributed by atoms with Crippen LogP contribution in [-0.2, 0) is 0 Å². The molecule has 1 aliphatic heterocycles. The predicted molar refractivity (Wildman–Crippen MR) is 97.1 cm³/mol. The van der Waals surface area contributed by atoms with Crippen LogP contribution < -0.4 is 16.0 Å². The van der Waals surface area contributed by atoms with E-state index in [1.165, 1.54) is 6.42 Å². The molecule has 1 saturated heterocycles. The van der Waals surface area contributed by atoms with E-state index in [2.05, 4.69) is 52.8 Å². The van der Waals surface area contributed by atoms with E-state index in [1.54, 1.807) is 6.07 Å². The van der Waals surface area contributed by atoms with Crippen molar-refractivity contribution in [1.29, 1.82) is 5.26 Å². The molecule has 0 spiro atoms. The summed E-state index contributed by atoms with van der Waals surface area (Å²) in [5.41, 5.74) is 0.402. The molecule has 0 radical (unpaired) electrons. The topological polar surface area (TPSA) is 85.7 Å². The number of aromatic nitrogens is 2. The Bertz CT molecular complexity index is 756. The highest BCUT2D eigenvalue weighted by Crippen LogP contribution is 2.25. The quantitative estimate of drug-likeness (QED) is 0.802. The molecule has 0 aromatic carbocycles. The molecule has 2 atom stereocenters. The van der Waals surface area contributed by atoms with E-state index in [0.717, 1.165) is 35.4 Å². The number of anilines is 2. The molecule has 126 valence electrons. The van der Waals surface area contributed by atoms with Crippen LogP contribution in [0.3, 0.4) is 0 Å². The zero-order valence-electron chi connectivity index (χ0n) is 14.4. The third-order valence-corrected chi connectivity index (χ3v) is 4.27. The zero-order valence-corrected chi connectivity index (χ0v) is 14.4. The summed E-state index contributed by atoms with van der Waals surface area (Å²) in [6, 6.07) is 7.13. The number of nitrogens with one attached hydrogen (secondary N) is 3. The summed E-state index contributed by atoms with van der Waals surface area (Å²) in [4.78, 5) is 8.93. The summed E-state index contributed by atoms with van der Waals surface area (Å²) in [5, 5.41) is 21.4. The number of fused-ring (bicyclic) bond motifs is 1. The van der Waals surface area contributed by atoms with Crippen molar-refractivity contribution in [1.82, 2.24) is 15.3 Å². The first-order valence-electron chi connectivity index (χ1n) is 8.52. The van der Waals surface area contributed by atoms with Gasteiger partial charge in [0.15, 0.2) is 0 Å². The standard InChI is InChI=1S/C18H24N6/c1-11(2)22-18-16-7-17(23-14-5-4-12(3)20-10-14)21-9-13(16)6-15(8-19)24-18/h6-7,9,11-12,14,20H,4-5,10H2,1-3H3,(H,21,23)(H,22,24)/t12-,14-/m0/s1. The van der Waals surface area contributed by atoms with Crippen molar-refractivity contribution in [3.05, 3.63) is 24.0 Å². The normalized spacial score (nSPS) is 20.8. The Hall–Kier alpha value is -2.39. The van der Waals surface area contributed by atoms with Crippen molar-refractivity contribution < 1.29 is 0 Å². The van der Waals surface area contributed by atoms with Crippen LogP contribution in [0, 0.1) is 11.3 Å². The number of pyridine rings is 2. The van der Waals surface area contributed by atoms with Crippen LogP contribution in [-0.4, -0.2) is 34.6 Å². The maximum Gasteiger partial charge on any atom is 0.143 e. The molecule has 2 aromatic rings. The lowest BCUT2D eigenvalue weighted by atomic mass is 10.0. The minimum Gasteiger partial charge on any atom is -0.367 e. The van der Waals surface area contributed by atoms with Crippen molar-refractivity contribution in [2.24, 2.45) is 0 Å². The van der Waals surface area contributed by atoms with Gasteiger partial charge in [-0.05, 0) is 45.7 Å². The van der Waals surface area contributed by atoms with Gasteiger partial charge < -0.3 is 16.0 Å². The highest BCUT2D eigenvalue weighted by atomic mass is 15.1. The van der Waals surface area contributed by atoms with Crippen LogP contribution >= 0.6 is 0 Å². The third kappa shape index (κ3) is 3.74. The molecule has 6 heteroatoms. The van der Waals surface area contributed by atoms with Crippen LogP contribution in [0.2, 0.25) is 0 Å². The van der Waals surface area contributed by atoms with Crippen molar-refractivity contribution in [2.45, 2.75) is 51.7 Å². The average molecular weight is 324 g/mol. The fourth-order valence-electron chi connectivity index (χ4n) is 3.00. The lowest BCUT2D eigenvalue weighted by molar-refractivity contribution is 0.398. The molecule has 0 saturated carbocycles. The third-order valence-electron chi connectivity index (χ3n) is 4.27. The smallest absolute Gasteiger partial charge is 0.143 e. The Morgan fingerprint density at radius 1 is 1.33 bits per heavy atom. The molecule has 1 fully saturated rings. The Balaban J connectivity index is 1.90. The van der Waals surface area contributed by atoms with Crippen LogP contribution in [0.25, 0.3) is 10.8 Å². The molecular formula is C18H24N6. The summed E-state index contributed by atoms with van der Waals surface area (Å²) < 4.78 is 0. The largest absolute Gasteiger partial charge is 0.367 e. The van der Waals surface area contributed by atoms with Crippen molar-refractivity contribution >= 4 is 22.4 Å². The minimum atomic E-state index is 0.239.